The average molecular weight is 444 g/mol. The number of nitrogens with zero attached hydrogens (tertiary/aromatic N) is 2. The fourth-order valence-corrected chi connectivity index (χ4v) is 5.28. The maximum Gasteiger partial charge on any atom is 0.261 e. The third kappa shape index (κ3) is 3.45. The van der Waals surface area contributed by atoms with Gasteiger partial charge in [0, 0.05) is 47.2 Å². The molecule has 0 atom stereocenters. The fourth-order valence-electron chi connectivity index (χ4n) is 5.28. The van der Waals surface area contributed by atoms with Crippen molar-refractivity contribution in [3.8, 4) is 0 Å². The van der Waals surface area contributed by atoms with E-state index in [2.05, 4.69) is 37.0 Å². The van der Waals surface area contributed by atoms with Crippen LogP contribution in [-0.4, -0.2) is 51.6 Å². The lowest BCUT2D eigenvalue weighted by Gasteiger charge is -2.32. The van der Waals surface area contributed by atoms with Crippen LogP contribution in [0.5, 0.6) is 0 Å². The van der Waals surface area contributed by atoms with Crippen molar-refractivity contribution in [3.63, 3.8) is 0 Å². The number of aromatic nitrogens is 1. The number of piperidine rings is 1. The number of carbonyl (C=O) groups excluding carboxylic acids is 3. The van der Waals surface area contributed by atoms with Crippen molar-refractivity contribution < 1.29 is 14.4 Å². The molecule has 1 fully saturated rings. The van der Waals surface area contributed by atoms with Crippen LogP contribution in [0.25, 0.3) is 10.9 Å². The first-order valence-corrected chi connectivity index (χ1v) is 11.7. The number of nitrogens with one attached hydrogen (secondary N) is 1. The first-order valence-electron chi connectivity index (χ1n) is 11.7. The Morgan fingerprint density at radius 1 is 0.970 bits per heavy atom. The van der Waals surface area contributed by atoms with Crippen LogP contribution < -0.4 is 0 Å². The summed E-state index contributed by atoms with van der Waals surface area (Å²) in [7, 11) is 0. The minimum atomic E-state index is -0.317. The van der Waals surface area contributed by atoms with Gasteiger partial charge in [0.25, 0.3) is 17.7 Å². The second-order valence-electron chi connectivity index (χ2n) is 9.61. The van der Waals surface area contributed by atoms with Gasteiger partial charge in [0.2, 0.25) is 0 Å². The molecule has 6 nitrogen and oxygen atoms in total. The molecule has 1 saturated heterocycles. The van der Waals surface area contributed by atoms with Gasteiger partial charge in [-0.25, -0.2) is 0 Å². The molecule has 2 aliphatic heterocycles. The lowest BCUT2D eigenvalue weighted by Crippen LogP contribution is -2.38. The van der Waals surface area contributed by atoms with E-state index in [1.165, 1.54) is 32.6 Å². The van der Waals surface area contributed by atoms with E-state index in [9.17, 15) is 14.4 Å². The van der Waals surface area contributed by atoms with Gasteiger partial charge in [-0.1, -0.05) is 11.6 Å². The van der Waals surface area contributed by atoms with Crippen molar-refractivity contribution >= 4 is 28.6 Å². The summed E-state index contributed by atoms with van der Waals surface area (Å²) in [5, 5.41) is 1.27. The Kier molecular flexibility index (Phi) is 5.11. The summed E-state index contributed by atoms with van der Waals surface area (Å²) in [6, 6.07) is 11.2. The summed E-state index contributed by atoms with van der Waals surface area (Å²) in [6.07, 6.45) is 1.78. The number of rotatable bonds is 3. The number of aromatic amines is 1. The Morgan fingerprint density at radius 2 is 1.67 bits per heavy atom. The molecule has 0 saturated carbocycles. The molecule has 5 rings (SSSR count). The van der Waals surface area contributed by atoms with E-state index in [1.54, 1.807) is 18.2 Å². The molecular formula is C27H29N3O3. The smallest absolute Gasteiger partial charge is 0.261 e. The highest BCUT2D eigenvalue weighted by molar-refractivity contribution is 6.22. The largest absolute Gasteiger partial charge is 0.358 e. The van der Waals surface area contributed by atoms with Gasteiger partial charge in [-0.3, -0.25) is 19.3 Å². The molecule has 0 radical (unpaired) electrons. The minimum absolute atomic E-state index is 0.0801. The highest BCUT2D eigenvalue weighted by Gasteiger charge is 2.38. The van der Waals surface area contributed by atoms with E-state index in [1.807, 2.05) is 18.7 Å². The third-order valence-electron chi connectivity index (χ3n) is 7.12. The molecule has 33 heavy (non-hydrogen) atoms. The zero-order chi connectivity index (χ0) is 23.4. The molecule has 0 aliphatic carbocycles. The first-order chi connectivity index (χ1) is 15.8. The van der Waals surface area contributed by atoms with E-state index in [0.717, 1.165) is 12.8 Å². The number of imide groups is 1. The van der Waals surface area contributed by atoms with Gasteiger partial charge in [0.05, 0.1) is 11.1 Å². The van der Waals surface area contributed by atoms with Crippen LogP contribution in [0.3, 0.4) is 0 Å². The Bertz CT molecular complexity index is 1300. The third-order valence-corrected chi connectivity index (χ3v) is 7.12. The lowest BCUT2D eigenvalue weighted by molar-refractivity contribution is 0.0608. The van der Waals surface area contributed by atoms with Crippen LogP contribution >= 0.6 is 0 Å². The number of fused-ring (bicyclic) bond motifs is 2. The van der Waals surface area contributed by atoms with Gasteiger partial charge >= 0.3 is 0 Å². The van der Waals surface area contributed by atoms with Gasteiger partial charge < -0.3 is 9.88 Å². The number of hydrogen-bond donors (Lipinski definition) is 1. The molecule has 2 aromatic carbocycles. The van der Waals surface area contributed by atoms with Gasteiger partial charge in [-0.05, 0) is 76.4 Å². The van der Waals surface area contributed by atoms with Gasteiger partial charge in [-0.2, -0.15) is 0 Å². The van der Waals surface area contributed by atoms with E-state index in [4.69, 9.17) is 0 Å². The average Bonchev–Trinajstić information content (AvgIpc) is 3.26. The second kappa shape index (κ2) is 7.87. The summed E-state index contributed by atoms with van der Waals surface area (Å²) >= 11 is 0. The lowest BCUT2D eigenvalue weighted by atomic mass is 9.90. The molecule has 3 aromatic rings. The zero-order valence-corrected chi connectivity index (χ0v) is 19.6. The standard InChI is InChI=1S/C27H29N3O3/c1-15(2)30-26(32)20-7-6-19(14-22(20)27(30)33)25(31)29-11-9-18(10-12-29)24-17(4)21-13-16(3)5-8-23(21)28-24/h5-8,13-15,18,28H,9-12H2,1-4H3. The number of hydrogen-bond acceptors (Lipinski definition) is 3. The fraction of sp³-hybridized carbons (Fsp3) is 0.370. The molecule has 3 amide bonds. The molecule has 0 spiro atoms. The number of amides is 3. The van der Waals surface area contributed by atoms with Crippen molar-refractivity contribution in [1.82, 2.24) is 14.8 Å². The number of aryl methyl sites for hydroxylation is 2. The molecule has 170 valence electrons. The second-order valence-corrected chi connectivity index (χ2v) is 9.61. The van der Waals surface area contributed by atoms with Gasteiger partial charge in [0.15, 0.2) is 0 Å². The molecular weight excluding hydrogens is 414 g/mol. The molecule has 1 aromatic heterocycles. The van der Waals surface area contributed by atoms with Gasteiger partial charge in [0.1, 0.15) is 0 Å². The van der Waals surface area contributed by atoms with Crippen LogP contribution in [0.2, 0.25) is 0 Å². The topological polar surface area (TPSA) is 73.5 Å². The van der Waals surface area contributed by atoms with E-state index in [-0.39, 0.29) is 23.8 Å². The zero-order valence-electron chi connectivity index (χ0n) is 19.6. The van der Waals surface area contributed by atoms with Crippen LogP contribution in [0.4, 0.5) is 0 Å². The SMILES string of the molecule is Cc1ccc2[nH]c(C3CCN(C(=O)c4ccc5c(c4)C(=O)N(C(C)C)C5=O)CC3)c(C)c2c1. The highest BCUT2D eigenvalue weighted by Crippen LogP contribution is 2.34. The number of likely N-dealkylation sites (tertiary alicyclic amines) is 1. The summed E-state index contributed by atoms with van der Waals surface area (Å²) in [5.74, 6) is -0.291. The van der Waals surface area contributed by atoms with Crippen LogP contribution in [-0.2, 0) is 0 Å². The highest BCUT2D eigenvalue weighted by atomic mass is 16.2. The summed E-state index contributed by atoms with van der Waals surface area (Å²) in [5.41, 5.74) is 6.18. The van der Waals surface area contributed by atoms with Crippen molar-refractivity contribution in [2.24, 2.45) is 0 Å². The van der Waals surface area contributed by atoms with Crippen molar-refractivity contribution in [2.45, 2.75) is 52.5 Å². The van der Waals surface area contributed by atoms with E-state index >= 15 is 0 Å². The molecule has 0 bridgehead atoms. The van der Waals surface area contributed by atoms with Gasteiger partial charge in [-0.15, -0.1) is 0 Å². The van der Waals surface area contributed by atoms with Crippen molar-refractivity contribution in [3.05, 3.63) is 69.9 Å². The summed E-state index contributed by atoms with van der Waals surface area (Å²) < 4.78 is 0. The normalized spacial score (nSPS) is 16.9. The maximum atomic E-state index is 13.2. The molecule has 1 N–H and O–H groups in total. The summed E-state index contributed by atoms with van der Waals surface area (Å²) in [6.45, 7) is 9.24. The van der Waals surface area contributed by atoms with Crippen LogP contribution in [0, 0.1) is 13.8 Å². The van der Waals surface area contributed by atoms with Crippen molar-refractivity contribution in [2.75, 3.05) is 13.1 Å². The predicted octanol–water partition coefficient (Wildman–Crippen LogP) is 4.81. The minimum Gasteiger partial charge on any atom is -0.358 e. The Morgan fingerprint density at radius 3 is 2.36 bits per heavy atom. The molecule has 2 aliphatic rings. The maximum absolute atomic E-state index is 13.2. The quantitative estimate of drug-likeness (QED) is 0.591. The first kappa shape index (κ1) is 21.4. The monoisotopic (exact) mass is 443 g/mol. The van der Waals surface area contributed by atoms with Crippen LogP contribution in [0.15, 0.2) is 36.4 Å². The Balaban J connectivity index is 1.32. The number of carbonyl (C=O) groups is 3. The molecule has 0 unspecified atom stereocenters. The molecule has 3 heterocycles. The van der Waals surface area contributed by atoms with E-state index < -0.39 is 0 Å². The Labute approximate surface area is 193 Å². The Hall–Kier alpha value is -3.41. The predicted molar refractivity (Wildman–Crippen MR) is 128 cm³/mol. The molecule has 6 heteroatoms. The number of benzene rings is 2. The van der Waals surface area contributed by atoms with Crippen molar-refractivity contribution in [1.29, 1.82) is 0 Å². The summed E-state index contributed by atoms with van der Waals surface area (Å²) in [4.78, 5) is 45.2. The van der Waals surface area contributed by atoms with E-state index in [0.29, 0.717) is 35.7 Å². The number of H-pyrrole nitrogens is 1. The van der Waals surface area contributed by atoms with Crippen LogP contribution in [0.1, 0.15) is 80.5 Å².